The molecule has 0 N–H and O–H groups in total. The minimum atomic E-state index is 1.30. The van der Waals surface area contributed by atoms with Gasteiger partial charge in [-0.1, -0.05) is 6.82 Å². The summed E-state index contributed by atoms with van der Waals surface area (Å²) in [5.74, 6) is 0. The van der Waals surface area contributed by atoms with Crippen molar-refractivity contribution in [2.75, 3.05) is 13.1 Å². The highest BCUT2D eigenvalue weighted by atomic mass is 127. The summed E-state index contributed by atoms with van der Waals surface area (Å²) in [7, 11) is 6.34. The van der Waals surface area contributed by atoms with Crippen LogP contribution in [0, 0.1) is 0 Å². The lowest BCUT2D eigenvalue weighted by atomic mass is 10.2. The van der Waals surface area contributed by atoms with Gasteiger partial charge in [0, 0.05) is 34.3 Å². The van der Waals surface area contributed by atoms with Gasteiger partial charge in [-0.15, -0.1) is 0 Å². The Balaban J connectivity index is 0.000000291. The Kier molecular flexibility index (Phi) is 8.10. The van der Waals surface area contributed by atoms with Crippen LogP contribution in [-0.4, -0.2) is 25.2 Å². The Hall–Kier alpha value is 1.10. The highest BCUT2D eigenvalue weighted by molar-refractivity contribution is 14.2. The number of nitrogens with zero attached hydrogens (tertiary/aromatic N) is 1. The maximum Gasteiger partial charge on any atom is 0.0606 e. The Bertz CT molecular complexity index is 58.9. The highest BCUT2D eigenvalue weighted by Crippen LogP contribution is 2.23. The Labute approximate surface area is 75.1 Å². The molecule has 0 bridgehead atoms. The van der Waals surface area contributed by atoms with E-state index < -0.39 is 0 Å². The molecule has 9 heavy (non-hydrogen) atoms. The summed E-state index contributed by atoms with van der Waals surface area (Å²) < 4.78 is 2.39. The van der Waals surface area contributed by atoms with Crippen LogP contribution in [0.3, 0.4) is 0 Å². The van der Waals surface area contributed by atoms with Crippen molar-refractivity contribution >= 4 is 38.2 Å². The molecule has 1 heterocycles. The average Bonchev–Trinajstić information content (AvgIpc) is 2.43. The molecule has 0 spiro atoms. The van der Waals surface area contributed by atoms with Gasteiger partial charge in [0.1, 0.15) is 0 Å². The molecule has 0 saturated carbocycles. The molecule has 1 fully saturated rings. The van der Waals surface area contributed by atoms with Gasteiger partial charge in [0.25, 0.3) is 0 Å². The summed E-state index contributed by atoms with van der Waals surface area (Å²) in [6, 6.07) is 0. The standard InChI is InChI=1S/C4H8INS.CH3B/c5-7-6-3-1-2-4-6;1-2/h1-4H2;1H3. The molecule has 0 aromatic heterocycles. The minimum Gasteiger partial charge on any atom is -0.242 e. The second-order valence-electron chi connectivity index (χ2n) is 1.71. The molecule has 0 aromatic rings. The molecule has 1 nitrogen and oxygen atoms in total. The van der Waals surface area contributed by atoms with E-state index >= 15 is 0 Å². The quantitative estimate of drug-likeness (QED) is 0.401. The van der Waals surface area contributed by atoms with Gasteiger partial charge >= 0.3 is 0 Å². The monoisotopic (exact) mass is 255 g/mol. The van der Waals surface area contributed by atoms with E-state index in [1.807, 2.05) is 9.12 Å². The topological polar surface area (TPSA) is 3.24 Å². The molecule has 1 rings (SSSR count). The average molecular weight is 255 g/mol. The van der Waals surface area contributed by atoms with Crippen LogP contribution in [0.15, 0.2) is 0 Å². The first-order valence-electron chi connectivity index (χ1n) is 3.05. The fourth-order valence-corrected chi connectivity index (χ4v) is 2.34. The van der Waals surface area contributed by atoms with Crippen molar-refractivity contribution in [2.45, 2.75) is 19.7 Å². The lowest BCUT2D eigenvalue weighted by Crippen LogP contribution is -2.05. The number of hydrogen-bond donors (Lipinski definition) is 0. The van der Waals surface area contributed by atoms with Crippen LogP contribution in [-0.2, 0) is 0 Å². The van der Waals surface area contributed by atoms with E-state index in [0.717, 1.165) is 0 Å². The van der Waals surface area contributed by atoms with Crippen LogP contribution < -0.4 is 0 Å². The SMILES string of the molecule is ISN1CCCC1.[B]C. The molecule has 1 saturated heterocycles. The first-order valence-corrected chi connectivity index (χ1v) is 6.36. The molecule has 1 aliphatic heterocycles. The first kappa shape index (κ1) is 10.1. The van der Waals surface area contributed by atoms with E-state index in [4.69, 9.17) is 0 Å². The van der Waals surface area contributed by atoms with E-state index in [9.17, 15) is 0 Å². The van der Waals surface area contributed by atoms with Crippen LogP contribution in [0.25, 0.3) is 0 Å². The zero-order chi connectivity index (χ0) is 7.11. The third-order valence-corrected chi connectivity index (χ3v) is 3.39. The Morgan fingerprint density at radius 2 is 1.78 bits per heavy atom. The maximum atomic E-state index is 4.50. The third kappa shape index (κ3) is 4.50. The van der Waals surface area contributed by atoms with Crippen molar-refractivity contribution in [1.82, 2.24) is 4.31 Å². The molecule has 4 heteroatoms. The second-order valence-corrected chi connectivity index (χ2v) is 3.54. The van der Waals surface area contributed by atoms with Crippen LogP contribution in [0.4, 0.5) is 0 Å². The van der Waals surface area contributed by atoms with Gasteiger partial charge in [0.05, 0.1) is 7.85 Å². The van der Waals surface area contributed by atoms with Gasteiger partial charge in [0.15, 0.2) is 0 Å². The molecule has 1 aliphatic rings. The predicted molar refractivity (Wildman–Crippen MR) is 54.0 cm³/mol. The molecule has 0 amide bonds. The van der Waals surface area contributed by atoms with Gasteiger partial charge in [-0.05, 0) is 22.0 Å². The molecule has 0 atom stereocenters. The summed E-state index contributed by atoms with van der Waals surface area (Å²) in [6.45, 7) is 4.10. The smallest absolute Gasteiger partial charge is 0.0606 e. The zero-order valence-corrected chi connectivity index (χ0v) is 8.61. The summed E-state index contributed by atoms with van der Waals surface area (Å²) in [5, 5.41) is 0. The van der Waals surface area contributed by atoms with E-state index in [1.54, 1.807) is 0 Å². The first-order chi connectivity index (χ1) is 4.43. The van der Waals surface area contributed by atoms with Gasteiger partial charge in [0.2, 0.25) is 0 Å². The normalized spacial score (nSPS) is 18.9. The van der Waals surface area contributed by atoms with Crippen molar-refractivity contribution in [3.63, 3.8) is 0 Å². The van der Waals surface area contributed by atoms with Crippen molar-refractivity contribution < 1.29 is 0 Å². The van der Waals surface area contributed by atoms with Gasteiger partial charge in [-0.2, -0.15) is 0 Å². The molecular weight excluding hydrogens is 244 g/mol. The number of halogens is 1. The largest absolute Gasteiger partial charge is 0.242 e. The van der Waals surface area contributed by atoms with E-state index in [0.29, 0.717) is 0 Å². The summed E-state index contributed by atoms with van der Waals surface area (Å²) in [6.07, 6.45) is 2.80. The molecule has 0 unspecified atom stereocenters. The highest BCUT2D eigenvalue weighted by Gasteiger charge is 2.08. The van der Waals surface area contributed by atoms with E-state index in [2.05, 4.69) is 33.4 Å². The van der Waals surface area contributed by atoms with Crippen LogP contribution in [0.1, 0.15) is 12.8 Å². The van der Waals surface area contributed by atoms with Crippen molar-refractivity contribution in [3.05, 3.63) is 0 Å². The van der Waals surface area contributed by atoms with Crippen LogP contribution >= 0.6 is 30.3 Å². The third-order valence-electron chi connectivity index (χ3n) is 1.16. The molecule has 0 aliphatic carbocycles. The molecular formula is C5H11BINS. The fraction of sp³-hybridized carbons (Fsp3) is 1.00. The van der Waals surface area contributed by atoms with Crippen molar-refractivity contribution in [1.29, 1.82) is 0 Å². The van der Waals surface area contributed by atoms with Gasteiger partial charge in [-0.3, -0.25) is 0 Å². The fourth-order valence-electron chi connectivity index (χ4n) is 0.757. The maximum absolute atomic E-state index is 4.50. The number of hydrogen-bond acceptors (Lipinski definition) is 2. The summed E-state index contributed by atoms with van der Waals surface area (Å²) >= 11 is 2.33. The van der Waals surface area contributed by atoms with Crippen LogP contribution in [0.2, 0.25) is 6.82 Å². The zero-order valence-electron chi connectivity index (χ0n) is 5.64. The van der Waals surface area contributed by atoms with Crippen LogP contribution in [0.5, 0.6) is 0 Å². The molecule has 52 valence electrons. The van der Waals surface area contributed by atoms with Crippen molar-refractivity contribution in [3.8, 4) is 0 Å². The second kappa shape index (κ2) is 7.21. The minimum absolute atomic E-state index is 1.30. The van der Waals surface area contributed by atoms with E-state index in [1.165, 1.54) is 32.8 Å². The summed E-state index contributed by atoms with van der Waals surface area (Å²) in [5.41, 5.74) is 0. The predicted octanol–water partition coefficient (Wildman–Crippen LogP) is 2.28. The lowest BCUT2D eigenvalue weighted by molar-refractivity contribution is 0.594. The molecule has 2 radical (unpaired) electrons. The Morgan fingerprint density at radius 1 is 1.33 bits per heavy atom. The van der Waals surface area contributed by atoms with E-state index in [-0.39, 0.29) is 0 Å². The van der Waals surface area contributed by atoms with Gasteiger partial charge < -0.3 is 0 Å². The number of rotatable bonds is 1. The van der Waals surface area contributed by atoms with Crippen molar-refractivity contribution in [2.24, 2.45) is 0 Å². The van der Waals surface area contributed by atoms with Gasteiger partial charge in [-0.25, -0.2) is 4.31 Å². The molecule has 0 aromatic carbocycles. The Morgan fingerprint density at radius 3 is 2.00 bits per heavy atom. The lowest BCUT2D eigenvalue weighted by Gasteiger charge is -2.04. The summed E-state index contributed by atoms with van der Waals surface area (Å²) in [4.78, 5) is 0.